The Kier molecular flexibility index (Phi) is 3.26. The van der Waals surface area contributed by atoms with Gasteiger partial charge in [0.25, 0.3) is 0 Å². The Bertz CT molecular complexity index is 834. The molecule has 0 atom stereocenters. The largest absolute Gasteiger partial charge is 0.369 e. The topological polar surface area (TPSA) is 29.9 Å². The molecule has 22 heavy (non-hydrogen) atoms. The number of nitrogens with zero attached hydrogens (tertiary/aromatic N) is 2. The molecular weight excluding hydrogens is 338 g/mol. The van der Waals surface area contributed by atoms with E-state index in [0.717, 1.165) is 40.2 Å². The molecule has 0 amide bonds. The third-order valence-electron chi connectivity index (χ3n) is 4.01. The molecule has 110 valence electrons. The number of nitrogens with one attached hydrogen (secondary N) is 1. The van der Waals surface area contributed by atoms with E-state index in [1.165, 1.54) is 11.1 Å². The predicted octanol–water partition coefficient (Wildman–Crippen LogP) is 4.58. The number of aromatic nitrogens is 2. The van der Waals surface area contributed by atoms with Gasteiger partial charge in [-0.1, -0.05) is 40.2 Å². The van der Waals surface area contributed by atoms with Crippen LogP contribution < -0.4 is 5.32 Å². The number of fused-ring (bicyclic) bond motifs is 1. The summed E-state index contributed by atoms with van der Waals surface area (Å²) in [6, 6.07) is 16.8. The Morgan fingerprint density at radius 3 is 2.73 bits per heavy atom. The highest BCUT2D eigenvalue weighted by molar-refractivity contribution is 9.10. The van der Waals surface area contributed by atoms with E-state index < -0.39 is 0 Å². The van der Waals surface area contributed by atoms with Gasteiger partial charge in [-0.05, 0) is 43.2 Å². The molecule has 0 saturated heterocycles. The lowest BCUT2D eigenvalue weighted by molar-refractivity contribution is 0.881. The molecule has 0 saturated carbocycles. The van der Waals surface area contributed by atoms with Gasteiger partial charge in [0.05, 0.1) is 11.4 Å². The smallest absolute Gasteiger partial charge is 0.133 e. The van der Waals surface area contributed by atoms with Gasteiger partial charge in [-0.2, -0.15) is 5.10 Å². The number of aryl methyl sites for hydroxylation is 1. The lowest BCUT2D eigenvalue weighted by Crippen LogP contribution is -2.04. The third kappa shape index (κ3) is 2.24. The highest BCUT2D eigenvalue weighted by atomic mass is 79.9. The van der Waals surface area contributed by atoms with E-state index in [9.17, 15) is 0 Å². The van der Waals surface area contributed by atoms with Crippen molar-refractivity contribution in [2.24, 2.45) is 0 Å². The summed E-state index contributed by atoms with van der Waals surface area (Å²) in [6.45, 7) is 3.08. The van der Waals surface area contributed by atoms with Crippen molar-refractivity contribution in [1.29, 1.82) is 0 Å². The maximum atomic E-state index is 4.88. The van der Waals surface area contributed by atoms with E-state index >= 15 is 0 Å². The third-order valence-corrected chi connectivity index (χ3v) is 4.54. The zero-order valence-corrected chi connectivity index (χ0v) is 13.9. The van der Waals surface area contributed by atoms with E-state index in [-0.39, 0.29) is 0 Å². The maximum absolute atomic E-state index is 4.88. The first-order valence-corrected chi connectivity index (χ1v) is 8.20. The molecule has 4 rings (SSSR count). The molecule has 0 aliphatic carbocycles. The van der Waals surface area contributed by atoms with Crippen LogP contribution >= 0.6 is 15.9 Å². The second-order valence-electron chi connectivity index (χ2n) is 5.61. The first-order valence-electron chi connectivity index (χ1n) is 7.41. The zero-order valence-electron chi connectivity index (χ0n) is 12.3. The number of rotatable bonds is 2. The quantitative estimate of drug-likeness (QED) is 0.730. The van der Waals surface area contributed by atoms with Crippen LogP contribution in [-0.4, -0.2) is 16.3 Å². The molecule has 1 aromatic heterocycles. The van der Waals surface area contributed by atoms with Crippen molar-refractivity contribution >= 4 is 21.7 Å². The van der Waals surface area contributed by atoms with Crippen LogP contribution in [0.5, 0.6) is 0 Å². The molecule has 3 nitrogen and oxygen atoms in total. The van der Waals surface area contributed by atoms with Crippen LogP contribution in [0.4, 0.5) is 5.82 Å². The lowest BCUT2D eigenvalue weighted by atomic mass is 10.1. The molecule has 0 radical (unpaired) electrons. The minimum absolute atomic E-state index is 0.975. The fraction of sp³-hybridized carbons (Fsp3) is 0.167. The van der Waals surface area contributed by atoms with Crippen LogP contribution in [0.1, 0.15) is 11.1 Å². The van der Waals surface area contributed by atoms with Crippen LogP contribution in [0.15, 0.2) is 53.0 Å². The molecule has 0 spiro atoms. The summed E-state index contributed by atoms with van der Waals surface area (Å²) in [5, 5.41) is 8.36. The predicted molar refractivity (Wildman–Crippen MR) is 93.6 cm³/mol. The fourth-order valence-electron chi connectivity index (χ4n) is 2.96. The average molecular weight is 354 g/mol. The lowest BCUT2D eigenvalue weighted by Gasteiger charge is -2.07. The van der Waals surface area contributed by atoms with Crippen LogP contribution in [0, 0.1) is 6.92 Å². The van der Waals surface area contributed by atoms with Crippen LogP contribution in [0.25, 0.3) is 16.9 Å². The molecule has 2 aromatic carbocycles. The second kappa shape index (κ2) is 5.29. The standard InChI is InChI=1S/C18H16BrN3/c1-12-3-2-4-15(11-12)22-18-16(9-10-20-18)17(21-22)13-5-7-14(19)8-6-13/h2-8,11,20H,9-10H2,1H3. The number of hydrogen-bond donors (Lipinski definition) is 1. The maximum Gasteiger partial charge on any atom is 0.133 e. The van der Waals surface area contributed by atoms with Gasteiger partial charge >= 0.3 is 0 Å². The zero-order chi connectivity index (χ0) is 15.1. The Labute approximate surface area is 138 Å². The van der Waals surface area contributed by atoms with Crippen molar-refractivity contribution in [2.75, 3.05) is 11.9 Å². The second-order valence-corrected chi connectivity index (χ2v) is 6.53. The fourth-order valence-corrected chi connectivity index (χ4v) is 3.23. The molecule has 1 aliphatic rings. The van der Waals surface area contributed by atoms with Crippen LogP contribution in [0.3, 0.4) is 0 Å². The number of hydrogen-bond acceptors (Lipinski definition) is 2. The molecule has 1 N–H and O–H groups in total. The van der Waals surface area contributed by atoms with Crippen molar-refractivity contribution in [1.82, 2.24) is 9.78 Å². The van der Waals surface area contributed by atoms with Crippen molar-refractivity contribution in [3.8, 4) is 16.9 Å². The Morgan fingerprint density at radius 2 is 1.95 bits per heavy atom. The molecule has 1 aliphatic heterocycles. The monoisotopic (exact) mass is 353 g/mol. The van der Waals surface area contributed by atoms with Gasteiger partial charge in [-0.25, -0.2) is 4.68 Å². The van der Waals surface area contributed by atoms with Gasteiger partial charge in [0.2, 0.25) is 0 Å². The van der Waals surface area contributed by atoms with E-state index in [1.807, 2.05) is 4.68 Å². The summed E-state index contributed by atoms with van der Waals surface area (Å²) in [5.41, 5.74) is 5.89. The number of benzene rings is 2. The van der Waals surface area contributed by atoms with Gasteiger partial charge in [0, 0.05) is 22.1 Å². The van der Waals surface area contributed by atoms with Crippen molar-refractivity contribution < 1.29 is 0 Å². The van der Waals surface area contributed by atoms with Crippen molar-refractivity contribution in [3.63, 3.8) is 0 Å². The van der Waals surface area contributed by atoms with E-state index in [2.05, 4.69) is 76.7 Å². The molecule has 0 bridgehead atoms. The van der Waals surface area contributed by atoms with Gasteiger partial charge in [0.15, 0.2) is 0 Å². The van der Waals surface area contributed by atoms with E-state index in [0.29, 0.717) is 0 Å². The molecule has 3 aromatic rings. The molecule has 4 heteroatoms. The SMILES string of the molecule is Cc1cccc(-n2nc(-c3ccc(Br)cc3)c3c2NCC3)c1. The Morgan fingerprint density at radius 1 is 1.14 bits per heavy atom. The van der Waals surface area contributed by atoms with E-state index in [4.69, 9.17) is 5.10 Å². The van der Waals surface area contributed by atoms with Crippen molar-refractivity contribution in [3.05, 3.63) is 64.1 Å². The minimum atomic E-state index is 0.975. The summed E-state index contributed by atoms with van der Waals surface area (Å²) < 4.78 is 3.12. The molecule has 0 unspecified atom stereocenters. The summed E-state index contributed by atoms with van der Waals surface area (Å²) in [4.78, 5) is 0. The highest BCUT2D eigenvalue weighted by Gasteiger charge is 2.23. The summed E-state index contributed by atoms with van der Waals surface area (Å²) in [7, 11) is 0. The first kappa shape index (κ1) is 13.6. The highest BCUT2D eigenvalue weighted by Crippen LogP contribution is 2.35. The summed E-state index contributed by atoms with van der Waals surface area (Å²) in [5.74, 6) is 1.13. The van der Waals surface area contributed by atoms with Gasteiger partial charge in [-0.3, -0.25) is 0 Å². The number of anilines is 1. The molecule has 0 fully saturated rings. The first-order chi connectivity index (χ1) is 10.7. The van der Waals surface area contributed by atoms with Crippen LogP contribution in [-0.2, 0) is 6.42 Å². The number of halogens is 1. The van der Waals surface area contributed by atoms with Gasteiger partial charge < -0.3 is 5.32 Å². The Balaban J connectivity index is 1.88. The molecule has 2 heterocycles. The average Bonchev–Trinajstić information content (AvgIpc) is 3.10. The summed E-state index contributed by atoms with van der Waals surface area (Å²) >= 11 is 3.49. The summed E-state index contributed by atoms with van der Waals surface area (Å²) in [6.07, 6.45) is 1.02. The minimum Gasteiger partial charge on any atom is -0.369 e. The normalized spacial score (nSPS) is 13.0. The Hall–Kier alpha value is -2.07. The van der Waals surface area contributed by atoms with Gasteiger partial charge in [0.1, 0.15) is 5.82 Å². The van der Waals surface area contributed by atoms with Crippen molar-refractivity contribution in [2.45, 2.75) is 13.3 Å². The van der Waals surface area contributed by atoms with Gasteiger partial charge in [-0.15, -0.1) is 0 Å². The van der Waals surface area contributed by atoms with E-state index in [1.54, 1.807) is 0 Å². The molecular formula is C18H16BrN3. The van der Waals surface area contributed by atoms with Crippen LogP contribution in [0.2, 0.25) is 0 Å².